The van der Waals surface area contributed by atoms with E-state index in [1.165, 1.54) is 0 Å². The second-order valence-electron chi connectivity index (χ2n) is 6.21. The first-order valence-electron chi connectivity index (χ1n) is 7.85. The normalized spacial score (nSPS) is 18.1. The lowest BCUT2D eigenvalue weighted by Crippen LogP contribution is -2.43. The van der Waals surface area contributed by atoms with Crippen LogP contribution in [0.4, 0.5) is 0 Å². The number of β-amino-alcohol motifs (C(OH)–C–C–N with tert-alkyl or cyclic N) is 1. The molecule has 1 aromatic carbocycles. The van der Waals surface area contributed by atoms with Crippen LogP contribution < -0.4 is 10.5 Å². The first-order valence-corrected chi connectivity index (χ1v) is 7.85. The Kier molecular flexibility index (Phi) is 5.80. The molecule has 0 aromatic heterocycles. The number of ether oxygens (including phenoxy) is 1. The van der Waals surface area contributed by atoms with Crippen molar-refractivity contribution in [3.63, 3.8) is 0 Å². The molecule has 3 N–H and O–H groups in total. The van der Waals surface area contributed by atoms with Gasteiger partial charge < -0.3 is 20.5 Å². The molecule has 1 fully saturated rings. The fourth-order valence-corrected chi connectivity index (χ4v) is 2.80. The minimum atomic E-state index is -0.537. The quantitative estimate of drug-likeness (QED) is 0.829. The highest BCUT2D eigenvalue weighted by atomic mass is 16.5. The third-order valence-corrected chi connectivity index (χ3v) is 4.23. The van der Waals surface area contributed by atoms with Gasteiger partial charge in [-0.25, -0.2) is 0 Å². The monoisotopic (exact) mass is 306 g/mol. The fraction of sp³-hybridized carbons (Fsp3) is 0.588. The van der Waals surface area contributed by atoms with Crippen LogP contribution in [0.15, 0.2) is 18.2 Å². The Labute approximate surface area is 132 Å². The SMILES string of the molecule is Cc1ccc(C)c(OCC(O)CN2CCC(C(N)=O)CC2)c1. The van der Waals surface area contributed by atoms with Crippen LogP contribution in [0.3, 0.4) is 0 Å². The lowest BCUT2D eigenvalue weighted by molar-refractivity contribution is -0.123. The van der Waals surface area contributed by atoms with Gasteiger partial charge in [0, 0.05) is 12.5 Å². The lowest BCUT2D eigenvalue weighted by atomic mass is 9.96. The average molecular weight is 306 g/mol. The van der Waals surface area contributed by atoms with Crippen LogP contribution in [0.1, 0.15) is 24.0 Å². The molecular weight excluding hydrogens is 280 g/mol. The van der Waals surface area contributed by atoms with Crippen molar-refractivity contribution >= 4 is 5.91 Å². The van der Waals surface area contributed by atoms with Crippen LogP contribution in [0.2, 0.25) is 0 Å². The zero-order chi connectivity index (χ0) is 16.1. The molecule has 0 bridgehead atoms. The van der Waals surface area contributed by atoms with E-state index in [9.17, 15) is 9.90 Å². The summed E-state index contributed by atoms with van der Waals surface area (Å²) in [6, 6.07) is 6.05. The van der Waals surface area contributed by atoms with Crippen LogP contribution in [0, 0.1) is 19.8 Å². The highest BCUT2D eigenvalue weighted by molar-refractivity contribution is 5.76. The summed E-state index contributed by atoms with van der Waals surface area (Å²) < 4.78 is 5.73. The zero-order valence-electron chi connectivity index (χ0n) is 13.4. The number of likely N-dealkylation sites (tertiary alicyclic amines) is 1. The molecular formula is C17H26N2O3. The van der Waals surface area contributed by atoms with Crippen LogP contribution >= 0.6 is 0 Å². The Morgan fingerprint density at radius 1 is 1.41 bits per heavy atom. The van der Waals surface area contributed by atoms with E-state index in [4.69, 9.17) is 10.5 Å². The maximum absolute atomic E-state index is 11.1. The van der Waals surface area contributed by atoms with Gasteiger partial charge in [0.2, 0.25) is 5.91 Å². The fourth-order valence-electron chi connectivity index (χ4n) is 2.80. The smallest absolute Gasteiger partial charge is 0.220 e. The van der Waals surface area contributed by atoms with E-state index >= 15 is 0 Å². The van der Waals surface area contributed by atoms with E-state index in [0.717, 1.165) is 42.8 Å². The van der Waals surface area contributed by atoms with E-state index in [1.54, 1.807) is 0 Å². The second kappa shape index (κ2) is 7.61. The van der Waals surface area contributed by atoms with Gasteiger partial charge in [0.15, 0.2) is 0 Å². The maximum atomic E-state index is 11.1. The average Bonchev–Trinajstić information content (AvgIpc) is 2.49. The number of piperidine rings is 1. The highest BCUT2D eigenvalue weighted by Crippen LogP contribution is 2.20. The van der Waals surface area contributed by atoms with Gasteiger partial charge in [-0.1, -0.05) is 12.1 Å². The van der Waals surface area contributed by atoms with Crippen molar-refractivity contribution in [2.75, 3.05) is 26.2 Å². The van der Waals surface area contributed by atoms with Crippen molar-refractivity contribution in [1.82, 2.24) is 4.90 Å². The minimum Gasteiger partial charge on any atom is -0.491 e. The number of carbonyl (C=O) groups is 1. The van der Waals surface area contributed by atoms with Gasteiger partial charge in [-0.3, -0.25) is 4.79 Å². The summed E-state index contributed by atoms with van der Waals surface area (Å²) >= 11 is 0. The first-order chi connectivity index (χ1) is 10.5. The number of aliphatic hydroxyl groups excluding tert-OH is 1. The first kappa shape index (κ1) is 16.8. The lowest BCUT2D eigenvalue weighted by Gasteiger charge is -2.31. The summed E-state index contributed by atoms with van der Waals surface area (Å²) in [5.74, 6) is 0.601. The predicted octanol–water partition coefficient (Wildman–Crippen LogP) is 1.24. The Bertz CT molecular complexity index is 511. The molecule has 1 aromatic rings. The van der Waals surface area contributed by atoms with Crippen LogP contribution in [-0.4, -0.2) is 48.3 Å². The molecule has 1 aliphatic heterocycles. The minimum absolute atomic E-state index is 0.0143. The van der Waals surface area contributed by atoms with Crippen LogP contribution in [0.5, 0.6) is 5.75 Å². The molecule has 1 unspecified atom stereocenters. The van der Waals surface area contributed by atoms with Crippen LogP contribution in [-0.2, 0) is 4.79 Å². The number of carbonyl (C=O) groups excluding carboxylic acids is 1. The van der Waals surface area contributed by atoms with E-state index in [2.05, 4.69) is 4.90 Å². The topological polar surface area (TPSA) is 75.8 Å². The molecule has 1 amide bonds. The van der Waals surface area contributed by atoms with E-state index in [-0.39, 0.29) is 18.4 Å². The van der Waals surface area contributed by atoms with Gasteiger partial charge >= 0.3 is 0 Å². The summed E-state index contributed by atoms with van der Waals surface area (Å²) in [4.78, 5) is 13.3. The van der Waals surface area contributed by atoms with Gasteiger partial charge in [-0.2, -0.15) is 0 Å². The molecule has 1 atom stereocenters. The molecule has 0 radical (unpaired) electrons. The molecule has 5 nitrogen and oxygen atoms in total. The standard InChI is InChI=1S/C17H26N2O3/c1-12-3-4-13(2)16(9-12)22-11-15(20)10-19-7-5-14(6-8-19)17(18)21/h3-4,9,14-15,20H,5-8,10-11H2,1-2H3,(H2,18,21). The number of benzene rings is 1. The van der Waals surface area contributed by atoms with E-state index in [0.29, 0.717) is 6.54 Å². The maximum Gasteiger partial charge on any atom is 0.220 e. The molecule has 1 aliphatic rings. The summed E-state index contributed by atoms with van der Waals surface area (Å²) in [7, 11) is 0. The Morgan fingerprint density at radius 2 is 2.09 bits per heavy atom. The number of amides is 1. The van der Waals surface area contributed by atoms with Crippen molar-refractivity contribution in [2.45, 2.75) is 32.8 Å². The third-order valence-electron chi connectivity index (χ3n) is 4.23. The van der Waals surface area contributed by atoms with E-state index in [1.807, 2.05) is 32.0 Å². The molecule has 22 heavy (non-hydrogen) atoms. The summed E-state index contributed by atoms with van der Waals surface area (Å²) in [6.07, 6.45) is 1.02. The number of primary amides is 1. The van der Waals surface area contributed by atoms with Crippen molar-refractivity contribution in [3.8, 4) is 5.75 Å². The van der Waals surface area contributed by atoms with Gasteiger partial charge in [0.05, 0.1) is 0 Å². The molecule has 122 valence electrons. The number of aliphatic hydroxyl groups is 1. The number of hydrogen-bond donors (Lipinski definition) is 2. The third kappa shape index (κ3) is 4.71. The van der Waals surface area contributed by atoms with E-state index < -0.39 is 6.10 Å². The van der Waals surface area contributed by atoms with Crippen molar-refractivity contribution in [2.24, 2.45) is 11.7 Å². The number of nitrogens with zero attached hydrogens (tertiary/aromatic N) is 1. The number of rotatable bonds is 6. The second-order valence-corrected chi connectivity index (χ2v) is 6.21. The molecule has 5 heteroatoms. The molecule has 0 aliphatic carbocycles. The van der Waals surface area contributed by atoms with Gasteiger partial charge in [0.1, 0.15) is 18.5 Å². The largest absolute Gasteiger partial charge is 0.491 e. The predicted molar refractivity (Wildman–Crippen MR) is 85.8 cm³/mol. The van der Waals surface area contributed by atoms with Gasteiger partial charge in [0.25, 0.3) is 0 Å². The van der Waals surface area contributed by atoms with Crippen LogP contribution in [0.25, 0.3) is 0 Å². The van der Waals surface area contributed by atoms with Gasteiger partial charge in [-0.05, 0) is 57.0 Å². The van der Waals surface area contributed by atoms with Crippen molar-refractivity contribution < 1.29 is 14.6 Å². The highest BCUT2D eigenvalue weighted by Gasteiger charge is 2.24. The van der Waals surface area contributed by atoms with Crippen molar-refractivity contribution in [1.29, 1.82) is 0 Å². The molecule has 0 spiro atoms. The van der Waals surface area contributed by atoms with Crippen molar-refractivity contribution in [3.05, 3.63) is 29.3 Å². The molecule has 1 saturated heterocycles. The Hall–Kier alpha value is -1.59. The molecule has 2 rings (SSSR count). The summed E-state index contributed by atoms with van der Waals surface area (Å²) in [6.45, 7) is 6.46. The zero-order valence-corrected chi connectivity index (χ0v) is 13.4. The summed E-state index contributed by atoms with van der Waals surface area (Å²) in [5, 5.41) is 10.1. The number of hydrogen-bond acceptors (Lipinski definition) is 4. The molecule has 0 saturated carbocycles. The molecule has 1 heterocycles. The number of nitrogens with two attached hydrogens (primary N) is 1. The Balaban J connectivity index is 1.75. The summed E-state index contributed by atoms with van der Waals surface area (Å²) in [5.41, 5.74) is 7.54. The number of aryl methyl sites for hydroxylation is 2. The van der Waals surface area contributed by atoms with Gasteiger partial charge in [-0.15, -0.1) is 0 Å². The Morgan fingerprint density at radius 3 is 2.73 bits per heavy atom.